The van der Waals surface area contributed by atoms with Crippen molar-refractivity contribution in [2.45, 2.75) is 26.4 Å². The van der Waals surface area contributed by atoms with Crippen LogP contribution in [0, 0.1) is 0 Å². The molecule has 0 aliphatic carbocycles. The molecular formula is C11H13NaO3. The van der Waals surface area contributed by atoms with Crippen LogP contribution in [-0.2, 0) is 4.74 Å². The summed E-state index contributed by atoms with van der Waals surface area (Å²) in [4.78, 5) is 11.4. The van der Waals surface area contributed by atoms with Gasteiger partial charge in [-0.25, -0.2) is 4.79 Å². The molecule has 1 aromatic rings. The molecule has 0 bridgehead atoms. The summed E-state index contributed by atoms with van der Waals surface area (Å²) in [6.07, 6.45) is 0.654. The molecule has 0 N–H and O–H groups in total. The Balaban J connectivity index is 0.00000196. The molecule has 15 heavy (non-hydrogen) atoms. The van der Waals surface area contributed by atoms with Crippen LogP contribution in [0.1, 0.15) is 30.6 Å². The maximum absolute atomic E-state index is 11.4. The molecule has 4 heteroatoms. The largest absolute Gasteiger partial charge is 1.00 e. The van der Waals surface area contributed by atoms with Crippen molar-refractivity contribution in [3.05, 3.63) is 29.8 Å². The fraction of sp³-hybridized carbons (Fsp3) is 0.364. The van der Waals surface area contributed by atoms with Crippen LogP contribution in [0.3, 0.4) is 0 Å². The van der Waals surface area contributed by atoms with E-state index < -0.39 is 5.97 Å². The minimum Gasteiger partial charge on any atom is -0.872 e. The molecule has 0 spiro atoms. The second-order valence-electron chi connectivity index (χ2n) is 3.15. The zero-order valence-corrected chi connectivity index (χ0v) is 11.3. The summed E-state index contributed by atoms with van der Waals surface area (Å²) in [7, 11) is 0. The number of esters is 1. The molecule has 0 fully saturated rings. The number of benzene rings is 1. The van der Waals surface area contributed by atoms with E-state index >= 15 is 0 Å². The Morgan fingerprint density at radius 2 is 2.20 bits per heavy atom. The summed E-state index contributed by atoms with van der Waals surface area (Å²) in [6, 6.07) is 5.81. The van der Waals surface area contributed by atoms with Gasteiger partial charge in [-0.2, -0.15) is 0 Å². The predicted octanol–water partition coefficient (Wildman–Crippen LogP) is -1.28. The van der Waals surface area contributed by atoms with Crippen LogP contribution in [0.4, 0.5) is 0 Å². The normalized spacial score (nSPS) is 11.3. The molecule has 0 aromatic heterocycles. The van der Waals surface area contributed by atoms with E-state index in [0.717, 1.165) is 6.42 Å². The van der Waals surface area contributed by atoms with Crippen LogP contribution in [-0.4, -0.2) is 12.1 Å². The first-order valence-electron chi connectivity index (χ1n) is 4.61. The van der Waals surface area contributed by atoms with Gasteiger partial charge in [-0.05, 0) is 19.4 Å². The van der Waals surface area contributed by atoms with Crippen LogP contribution >= 0.6 is 0 Å². The summed E-state index contributed by atoms with van der Waals surface area (Å²) >= 11 is 0. The SMILES string of the molecule is CCC(C)OC(=O)c1cccc([O-])c1.[Na+]. The van der Waals surface area contributed by atoms with E-state index in [1.54, 1.807) is 12.1 Å². The van der Waals surface area contributed by atoms with Crippen molar-refractivity contribution in [1.82, 2.24) is 0 Å². The van der Waals surface area contributed by atoms with Gasteiger partial charge in [-0.15, -0.1) is 5.75 Å². The topological polar surface area (TPSA) is 49.4 Å². The Labute approximate surface area is 112 Å². The Hall–Kier alpha value is -0.510. The van der Waals surface area contributed by atoms with Crippen LogP contribution in [0.15, 0.2) is 24.3 Å². The van der Waals surface area contributed by atoms with Crippen molar-refractivity contribution in [2.24, 2.45) is 0 Å². The number of carbonyl (C=O) groups excluding carboxylic acids is 1. The second-order valence-corrected chi connectivity index (χ2v) is 3.15. The maximum Gasteiger partial charge on any atom is 1.00 e. The molecule has 0 aliphatic rings. The van der Waals surface area contributed by atoms with Crippen molar-refractivity contribution in [1.29, 1.82) is 0 Å². The summed E-state index contributed by atoms with van der Waals surface area (Å²) in [5.74, 6) is -0.611. The number of ether oxygens (including phenoxy) is 1. The third kappa shape index (κ3) is 4.69. The molecule has 0 radical (unpaired) electrons. The summed E-state index contributed by atoms with van der Waals surface area (Å²) in [5.41, 5.74) is 0.317. The van der Waals surface area contributed by atoms with Gasteiger partial charge in [-0.1, -0.05) is 25.1 Å². The number of hydrogen-bond acceptors (Lipinski definition) is 3. The van der Waals surface area contributed by atoms with Gasteiger partial charge in [0.05, 0.1) is 11.7 Å². The third-order valence-electron chi connectivity index (χ3n) is 1.95. The van der Waals surface area contributed by atoms with Crippen molar-refractivity contribution in [3.8, 4) is 5.75 Å². The molecule has 3 nitrogen and oxygen atoms in total. The van der Waals surface area contributed by atoms with E-state index in [-0.39, 0.29) is 41.4 Å². The van der Waals surface area contributed by atoms with Gasteiger partial charge in [0.2, 0.25) is 0 Å². The summed E-state index contributed by atoms with van der Waals surface area (Å²) in [6.45, 7) is 3.75. The van der Waals surface area contributed by atoms with E-state index in [1.165, 1.54) is 12.1 Å². The van der Waals surface area contributed by atoms with Crippen LogP contribution in [0.25, 0.3) is 0 Å². The van der Waals surface area contributed by atoms with Crippen molar-refractivity contribution in [2.75, 3.05) is 0 Å². The van der Waals surface area contributed by atoms with Gasteiger partial charge < -0.3 is 9.84 Å². The summed E-state index contributed by atoms with van der Waals surface area (Å²) < 4.78 is 5.06. The fourth-order valence-electron chi connectivity index (χ4n) is 0.957. The zero-order chi connectivity index (χ0) is 10.6. The van der Waals surface area contributed by atoms with Crippen LogP contribution in [0.2, 0.25) is 0 Å². The smallest absolute Gasteiger partial charge is 0.872 e. The molecule has 0 heterocycles. The fourth-order valence-corrected chi connectivity index (χ4v) is 0.957. The average Bonchev–Trinajstić information content (AvgIpc) is 2.17. The Kier molecular flexibility index (Phi) is 6.65. The second kappa shape index (κ2) is 6.88. The van der Waals surface area contributed by atoms with E-state index in [9.17, 15) is 9.90 Å². The summed E-state index contributed by atoms with van der Waals surface area (Å²) in [5, 5.41) is 10.9. The molecule has 0 saturated carbocycles. The van der Waals surface area contributed by atoms with Crippen molar-refractivity contribution < 1.29 is 44.2 Å². The van der Waals surface area contributed by atoms with Crippen LogP contribution < -0.4 is 34.7 Å². The Morgan fingerprint density at radius 1 is 1.53 bits per heavy atom. The van der Waals surface area contributed by atoms with Gasteiger partial charge in [0.1, 0.15) is 0 Å². The van der Waals surface area contributed by atoms with Crippen molar-refractivity contribution in [3.63, 3.8) is 0 Å². The molecule has 0 aliphatic heterocycles. The monoisotopic (exact) mass is 216 g/mol. The van der Waals surface area contributed by atoms with E-state index in [4.69, 9.17) is 4.74 Å². The molecule has 1 unspecified atom stereocenters. The van der Waals surface area contributed by atoms with E-state index in [0.29, 0.717) is 5.56 Å². The first-order chi connectivity index (χ1) is 6.63. The zero-order valence-electron chi connectivity index (χ0n) is 9.32. The number of rotatable bonds is 3. The molecule has 0 saturated heterocycles. The van der Waals surface area contributed by atoms with Gasteiger partial charge in [-0.3, -0.25) is 0 Å². The molecule has 1 aromatic carbocycles. The first kappa shape index (κ1) is 14.5. The Morgan fingerprint density at radius 3 is 2.73 bits per heavy atom. The van der Waals surface area contributed by atoms with E-state index in [1.807, 2.05) is 13.8 Å². The molecule has 0 amide bonds. The maximum atomic E-state index is 11.4. The van der Waals surface area contributed by atoms with Crippen molar-refractivity contribution >= 4 is 5.97 Å². The average molecular weight is 216 g/mol. The molecule has 1 rings (SSSR count). The molecular weight excluding hydrogens is 203 g/mol. The van der Waals surface area contributed by atoms with Gasteiger partial charge in [0.15, 0.2) is 0 Å². The molecule has 76 valence electrons. The number of hydrogen-bond donors (Lipinski definition) is 0. The van der Waals surface area contributed by atoms with Gasteiger partial charge >= 0.3 is 35.5 Å². The predicted molar refractivity (Wildman–Crippen MR) is 51.1 cm³/mol. The first-order valence-corrected chi connectivity index (χ1v) is 4.61. The van der Waals surface area contributed by atoms with Crippen LogP contribution in [0.5, 0.6) is 5.75 Å². The minimum absolute atomic E-state index is 0. The third-order valence-corrected chi connectivity index (χ3v) is 1.95. The standard InChI is InChI=1S/C11H14O3.Na/c1-3-8(2)14-11(13)9-5-4-6-10(12)7-9;/h4-8,12H,3H2,1-2H3;/q;+1/p-1. The Bertz CT molecular complexity index is 325. The number of carbonyl (C=O) groups is 1. The minimum atomic E-state index is -0.433. The van der Waals surface area contributed by atoms with Gasteiger partial charge in [0, 0.05) is 0 Å². The quantitative estimate of drug-likeness (QED) is 0.467. The van der Waals surface area contributed by atoms with Gasteiger partial charge in [0.25, 0.3) is 0 Å². The molecule has 1 atom stereocenters. The van der Waals surface area contributed by atoms with E-state index in [2.05, 4.69) is 0 Å².